The van der Waals surface area contributed by atoms with Crippen molar-refractivity contribution in [3.8, 4) is 0 Å². The van der Waals surface area contributed by atoms with Gasteiger partial charge in [-0.15, -0.1) is 0 Å². The minimum absolute atomic E-state index is 0.0705. The van der Waals surface area contributed by atoms with E-state index in [2.05, 4.69) is 10.6 Å². The number of carbonyl (C=O) groups excluding carboxylic acids is 2. The number of hydrogen-bond acceptors (Lipinski definition) is 3. The molecule has 2 amide bonds. The highest BCUT2D eigenvalue weighted by Crippen LogP contribution is 2.28. The van der Waals surface area contributed by atoms with Crippen molar-refractivity contribution in [2.45, 2.75) is 46.1 Å². The number of benzene rings is 2. The summed E-state index contributed by atoms with van der Waals surface area (Å²) in [5.74, 6) is 1.19. The van der Waals surface area contributed by atoms with E-state index in [9.17, 15) is 9.59 Å². The Morgan fingerprint density at radius 2 is 1.80 bits per heavy atom. The number of fused-ring (bicyclic) bond motifs is 1. The molecule has 30 heavy (non-hydrogen) atoms. The largest absolute Gasteiger partial charge is 0.356 e. The van der Waals surface area contributed by atoms with Crippen molar-refractivity contribution in [2.75, 3.05) is 11.9 Å². The lowest BCUT2D eigenvalue weighted by Gasteiger charge is -2.13. The summed E-state index contributed by atoms with van der Waals surface area (Å²) in [6, 6.07) is 13.9. The zero-order valence-corrected chi connectivity index (χ0v) is 17.6. The summed E-state index contributed by atoms with van der Waals surface area (Å²) < 4.78 is 1.99. The number of carbonyl (C=O) groups is 2. The molecular formula is C24H28N4O2. The van der Waals surface area contributed by atoms with Gasteiger partial charge in [0.1, 0.15) is 12.4 Å². The van der Waals surface area contributed by atoms with E-state index < -0.39 is 0 Å². The summed E-state index contributed by atoms with van der Waals surface area (Å²) in [7, 11) is 0. The predicted octanol–water partition coefficient (Wildman–Crippen LogP) is 3.75. The van der Waals surface area contributed by atoms with Crippen molar-refractivity contribution in [3.05, 3.63) is 59.4 Å². The van der Waals surface area contributed by atoms with Crippen LogP contribution in [0.3, 0.4) is 0 Å². The van der Waals surface area contributed by atoms with Gasteiger partial charge in [-0.2, -0.15) is 0 Å². The van der Waals surface area contributed by atoms with E-state index in [0.717, 1.165) is 52.9 Å². The SMILES string of the molecule is Cc1cccc(C)c1NC(=O)Cn1c(CCCNC(=O)C2CC2)nc2ccccc21. The highest BCUT2D eigenvalue weighted by atomic mass is 16.2. The van der Waals surface area contributed by atoms with E-state index >= 15 is 0 Å². The van der Waals surface area contributed by atoms with Crippen molar-refractivity contribution < 1.29 is 9.59 Å². The Kier molecular flexibility index (Phi) is 5.84. The van der Waals surface area contributed by atoms with Gasteiger partial charge in [0.05, 0.1) is 11.0 Å². The number of imidazole rings is 1. The summed E-state index contributed by atoms with van der Waals surface area (Å²) in [5.41, 5.74) is 4.80. The molecule has 6 heteroatoms. The van der Waals surface area contributed by atoms with E-state index in [1.807, 2.05) is 60.9 Å². The van der Waals surface area contributed by atoms with E-state index in [1.165, 1.54) is 0 Å². The summed E-state index contributed by atoms with van der Waals surface area (Å²) in [5, 5.41) is 6.06. The number of nitrogens with zero attached hydrogens (tertiary/aromatic N) is 2. The van der Waals surface area contributed by atoms with Crippen molar-refractivity contribution in [1.29, 1.82) is 0 Å². The van der Waals surface area contributed by atoms with Crippen LogP contribution in [0.4, 0.5) is 5.69 Å². The summed E-state index contributed by atoms with van der Waals surface area (Å²) >= 11 is 0. The molecule has 1 aliphatic rings. The van der Waals surface area contributed by atoms with Crippen LogP contribution in [0.25, 0.3) is 11.0 Å². The maximum atomic E-state index is 12.9. The van der Waals surface area contributed by atoms with Gasteiger partial charge >= 0.3 is 0 Å². The second-order valence-corrected chi connectivity index (χ2v) is 8.09. The fraction of sp³-hybridized carbons (Fsp3) is 0.375. The molecule has 156 valence electrons. The molecule has 1 heterocycles. The topological polar surface area (TPSA) is 76.0 Å². The lowest BCUT2D eigenvalue weighted by atomic mass is 10.1. The number of aromatic nitrogens is 2. The maximum absolute atomic E-state index is 12.9. The first-order valence-electron chi connectivity index (χ1n) is 10.6. The average Bonchev–Trinajstić information content (AvgIpc) is 3.52. The third-order valence-electron chi connectivity index (χ3n) is 5.61. The molecule has 1 fully saturated rings. The average molecular weight is 405 g/mol. The molecule has 6 nitrogen and oxygen atoms in total. The van der Waals surface area contributed by atoms with Crippen LogP contribution in [0.2, 0.25) is 0 Å². The first kappa shape index (κ1) is 20.1. The summed E-state index contributed by atoms with van der Waals surface area (Å²) in [4.78, 5) is 29.4. The fourth-order valence-corrected chi connectivity index (χ4v) is 3.77. The molecule has 2 aromatic carbocycles. The molecule has 1 saturated carbocycles. The summed E-state index contributed by atoms with van der Waals surface area (Å²) in [6.07, 6.45) is 3.52. The smallest absolute Gasteiger partial charge is 0.244 e. The molecule has 1 aliphatic carbocycles. The van der Waals surface area contributed by atoms with Crippen LogP contribution in [0.1, 0.15) is 36.2 Å². The van der Waals surface area contributed by atoms with Crippen LogP contribution < -0.4 is 10.6 Å². The van der Waals surface area contributed by atoms with Crippen molar-refractivity contribution in [2.24, 2.45) is 5.92 Å². The first-order chi connectivity index (χ1) is 14.5. The highest BCUT2D eigenvalue weighted by molar-refractivity contribution is 5.93. The van der Waals surface area contributed by atoms with Crippen LogP contribution in [0.15, 0.2) is 42.5 Å². The molecule has 0 aliphatic heterocycles. The number of nitrogens with one attached hydrogen (secondary N) is 2. The van der Waals surface area contributed by atoms with E-state index in [4.69, 9.17) is 4.98 Å². The quantitative estimate of drug-likeness (QED) is 0.562. The van der Waals surface area contributed by atoms with E-state index in [0.29, 0.717) is 13.0 Å². The molecule has 0 bridgehead atoms. The third kappa shape index (κ3) is 4.53. The summed E-state index contributed by atoms with van der Waals surface area (Å²) in [6.45, 7) is 4.83. The van der Waals surface area contributed by atoms with Gasteiger partial charge in [0.2, 0.25) is 11.8 Å². The van der Waals surface area contributed by atoms with Crippen LogP contribution in [0, 0.1) is 19.8 Å². The van der Waals surface area contributed by atoms with E-state index in [1.54, 1.807) is 0 Å². The van der Waals surface area contributed by atoms with Gasteiger partial charge in [0.15, 0.2) is 0 Å². The van der Waals surface area contributed by atoms with Crippen LogP contribution in [0.5, 0.6) is 0 Å². The fourth-order valence-electron chi connectivity index (χ4n) is 3.77. The van der Waals surface area contributed by atoms with Gasteiger partial charge in [0, 0.05) is 24.6 Å². The molecule has 1 aromatic heterocycles. The number of amides is 2. The molecule has 4 rings (SSSR count). The van der Waals surface area contributed by atoms with Gasteiger partial charge in [-0.25, -0.2) is 4.98 Å². The standard InChI is InChI=1S/C24H28N4O2/c1-16-7-5-8-17(2)23(16)27-22(29)15-28-20-10-4-3-9-19(20)26-21(28)11-6-14-25-24(30)18-12-13-18/h3-5,7-10,18H,6,11-15H2,1-2H3,(H,25,30)(H,27,29). The first-order valence-corrected chi connectivity index (χ1v) is 10.6. The minimum atomic E-state index is -0.0705. The normalized spacial score (nSPS) is 13.4. The zero-order chi connectivity index (χ0) is 21.1. The van der Waals surface area contributed by atoms with Gasteiger partial charge in [-0.3, -0.25) is 9.59 Å². The molecule has 0 saturated heterocycles. The second-order valence-electron chi connectivity index (χ2n) is 8.09. The molecule has 0 radical (unpaired) electrons. The van der Waals surface area contributed by atoms with Crippen LogP contribution >= 0.6 is 0 Å². The lowest BCUT2D eigenvalue weighted by molar-refractivity contribution is -0.122. The number of para-hydroxylation sites is 3. The number of anilines is 1. The number of hydrogen-bond donors (Lipinski definition) is 2. The molecular weight excluding hydrogens is 376 g/mol. The third-order valence-corrected chi connectivity index (χ3v) is 5.61. The van der Waals surface area contributed by atoms with Gasteiger partial charge in [-0.05, 0) is 56.4 Å². The molecule has 0 unspecified atom stereocenters. The number of rotatable bonds is 8. The van der Waals surface area contributed by atoms with E-state index in [-0.39, 0.29) is 24.3 Å². The predicted molar refractivity (Wildman–Crippen MR) is 118 cm³/mol. The van der Waals surface area contributed by atoms with Gasteiger partial charge in [-0.1, -0.05) is 30.3 Å². The van der Waals surface area contributed by atoms with Crippen LogP contribution in [-0.2, 0) is 22.6 Å². The Morgan fingerprint density at radius 3 is 2.53 bits per heavy atom. The monoisotopic (exact) mass is 404 g/mol. The maximum Gasteiger partial charge on any atom is 0.244 e. The Labute approximate surface area is 176 Å². The van der Waals surface area contributed by atoms with Crippen molar-refractivity contribution in [3.63, 3.8) is 0 Å². The molecule has 3 aromatic rings. The van der Waals surface area contributed by atoms with Crippen LogP contribution in [-0.4, -0.2) is 27.9 Å². The molecule has 0 spiro atoms. The van der Waals surface area contributed by atoms with Gasteiger partial charge < -0.3 is 15.2 Å². The zero-order valence-electron chi connectivity index (χ0n) is 17.6. The molecule has 0 atom stereocenters. The second kappa shape index (κ2) is 8.69. The van der Waals surface area contributed by atoms with Crippen molar-refractivity contribution in [1.82, 2.24) is 14.9 Å². The Balaban J connectivity index is 1.46. The minimum Gasteiger partial charge on any atom is -0.356 e. The van der Waals surface area contributed by atoms with Crippen molar-refractivity contribution >= 4 is 28.5 Å². The Bertz CT molecular complexity index is 1060. The van der Waals surface area contributed by atoms with Gasteiger partial charge in [0.25, 0.3) is 0 Å². The Hall–Kier alpha value is -3.15. The molecule has 2 N–H and O–H groups in total. The number of aryl methyl sites for hydroxylation is 3. The Morgan fingerprint density at radius 1 is 1.07 bits per heavy atom. The lowest BCUT2D eigenvalue weighted by Crippen LogP contribution is -2.26. The highest BCUT2D eigenvalue weighted by Gasteiger charge is 2.29.